The number of ether oxygens (including phenoxy) is 3. The lowest BCUT2D eigenvalue weighted by atomic mass is 10.1. The largest absolute Gasteiger partial charge is 0.467 e. The fraction of sp³-hybridized carbons (Fsp3) is 0.294. The van der Waals surface area contributed by atoms with E-state index in [2.05, 4.69) is 10.2 Å². The van der Waals surface area contributed by atoms with Gasteiger partial charge < -0.3 is 14.2 Å². The molecule has 3 rings (SSSR count). The van der Waals surface area contributed by atoms with Crippen LogP contribution in [0.15, 0.2) is 29.1 Å². The molecule has 0 unspecified atom stereocenters. The molecular weight excluding hydrogens is 367 g/mol. The van der Waals surface area contributed by atoms with Gasteiger partial charge in [0, 0.05) is 17.2 Å². The zero-order valence-electron chi connectivity index (χ0n) is 13.6. The molecule has 1 aromatic heterocycles. The SMILES string of the molecule is CC(C)c1cc(Oc2c(Cl)cc(C3=CCOCO3)cc2Cl)n[nH]c1=O. The first-order valence-corrected chi connectivity index (χ1v) is 8.39. The highest BCUT2D eigenvalue weighted by Gasteiger charge is 2.17. The number of hydrogen-bond acceptors (Lipinski definition) is 5. The zero-order valence-corrected chi connectivity index (χ0v) is 15.1. The highest BCUT2D eigenvalue weighted by molar-refractivity contribution is 6.37. The third-order valence-corrected chi connectivity index (χ3v) is 4.17. The van der Waals surface area contributed by atoms with Crippen LogP contribution in [-0.2, 0) is 9.47 Å². The molecule has 0 fully saturated rings. The van der Waals surface area contributed by atoms with Crippen molar-refractivity contribution in [2.75, 3.05) is 13.4 Å². The van der Waals surface area contributed by atoms with Gasteiger partial charge in [-0.3, -0.25) is 4.79 Å². The lowest BCUT2D eigenvalue weighted by Gasteiger charge is -2.17. The van der Waals surface area contributed by atoms with Crippen molar-refractivity contribution >= 4 is 29.0 Å². The number of aromatic amines is 1. The van der Waals surface area contributed by atoms with E-state index in [0.29, 0.717) is 28.0 Å². The van der Waals surface area contributed by atoms with Crippen LogP contribution in [0.5, 0.6) is 11.6 Å². The Labute approximate surface area is 154 Å². The van der Waals surface area contributed by atoms with Gasteiger partial charge in [-0.05, 0) is 24.1 Å². The van der Waals surface area contributed by atoms with Crippen LogP contribution in [0.1, 0.15) is 30.9 Å². The van der Waals surface area contributed by atoms with Gasteiger partial charge in [-0.1, -0.05) is 37.0 Å². The fourth-order valence-electron chi connectivity index (χ4n) is 2.33. The van der Waals surface area contributed by atoms with Crippen LogP contribution in [0, 0.1) is 0 Å². The Morgan fingerprint density at radius 3 is 2.56 bits per heavy atom. The van der Waals surface area contributed by atoms with Gasteiger partial charge in [-0.15, -0.1) is 5.10 Å². The molecule has 1 N–H and O–H groups in total. The number of aromatic nitrogens is 2. The maximum atomic E-state index is 11.8. The van der Waals surface area contributed by atoms with Gasteiger partial charge in [-0.25, -0.2) is 5.10 Å². The van der Waals surface area contributed by atoms with E-state index in [0.717, 1.165) is 5.56 Å². The molecule has 0 saturated carbocycles. The highest BCUT2D eigenvalue weighted by Crippen LogP contribution is 2.39. The molecule has 2 aromatic rings. The van der Waals surface area contributed by atoms with E-state index in [4.69, 9.17) is 37.4 Å². The highest BCUT2D eigenvalue weighted by atomic mass is 35.5. The average Bonchev–Trinajstić information content (AvgIpc) is 2.60. The molecule has 0 radical (unpaired) electrons. The van der Waals surface area contributed by atoms with Crippen molar-refractivity contribution in [3.8, 4) is 11.6 Å². The van der Waals surface area contributed by atoms with Crippen LogP contribution in [0.25, 0.3) is 5.76 Å². The molecule has 132 valence electrons. The summed E-state index contributed by atoms with van der Waals surface area (Å²) in [5.74, 6) is 1.14. The quantitative estimate of drug-likeness (QED) is 0.851. The Balaban J connectivity index is 1.92. The van der Waals surface area contributed by atoms with E-state index in [1.165, 1.54) is 0 Å². The van der Waals surface area contributed by atoms with Crippen LogP contribution in [0.3, 0.4) is 0 Å². The van der Waals surface area contributed by atoms with Crippen LogP contribution < -0.4 is 10.3 Å². The van der Waals surface area contributed by atoms with Crippen LogP contribution in [-0.4, -0.2) is 23.6 Å². The normalized spacial score (nSPS) is 14.2. The summed E-state index contributed by atoms with van der Waals surface area (Å²) >= 11 is 12.6. The van der Waals surface area contributed by atoms with Crippen molar-refractivity contribution in [2.24, 2.45) is 0 Å². The number of benzene rings is 1. The number of hydrogen-bond donors (Lipinski definition) is 1. The molecule has 2 heterocycles. The molecule has 0 aliphatic carbocycles. The molecular formula is C17H16Cl2N2O4. The zero-order chi connectivity index (χ0) is 18.0. The Bertz CT molecular complexity index is 854. The van der Waals surface area contributed by atoms with Crippen molar-refractivity contribution in [1.29, 1.82) is 0 Å². The molecule has 25 heavy (non-hydrogen) atoms. The number of nitrogens with one attached hydrogen (secondary N) is 1. The number of H-pyrrole nitrogens is 1. The van der Waals surface area contributed by atoms with Gasteiger partial charge in [0.15, 0.2) is 12.5 Å². The van der Waals surface area contributed by atoms with Crippen molar-refractivity contribution in [3.63, 3.8) is 0 Å². The van der Waals surface area contributed by atoms with Gasteiger partial charge in [0.2, 0.25) is 5.88 Å². The van der Waals surface area contributed by atoms with Crippen molar-refractivity contribution in [2.45, 2.75) is 19.8 Å². The topological polar surface area (TPSA) is 73.4 Å². The summed E-state index contributed by atoms with van der Waals surface area (Å²) in [5.41, 5.74) is 1.04. The summed E-state index contributed by atoms with van der Waals surface area (Å²) in [5, 5.41) is 6.90. The molecule has 1 aliphatic heterocycles. The van der Waals surface area contributed by atoms with Gasteiger partial charge in [0.25, 0.3) is 5.56 Å². The molecule has 0 bridgehead atoms. The van der Waals surface area contributed by atoms with E-state index in [-0.39, 0.29) is 29.9 Å². The molecule has 1 aromatic carbocycles. The van der Waals surface area contributed by atoms with Crippen LogP contribution >= 0.6 is 23.2 Å². The minimum absolute atomic E-state index is 0.0278. The molecule has 8 heteroatoms. The first kappa shape index (κ1) is 17.8. The van der Waals surface area contributed by atoms with Gasteiger partial charge in [-0.2, -0.15) is 0 Å². The first-order valence-electron chi connectivity index (χ1n) is 7.63. The van der Waals surface area contributed by atoms with Gasteiger partial charge in [0.1, 0.15) is 5.76 Å². The van der Waals surface area contributed by atoms with Crippen LogP contribution in [0.4, 0.5) is 0 Å². The number of rotatable bonds is 4. The maximum absolute atomic E-state index is 11.8. The summed E-state index contributed by atoms with van der Waals surface area (Å²) in [7, 11) is 0. The Hall–Kier alpha value is -2.02. The summed E-state index contributed by atoms with van der Waals surface area (Å²) in [6.45, 7) is 4.45. The van der Waals surface area contributed by atoms with Crippen molar-refractivity contribution < 1.29 is 14.2 Å². The lowest BCUT2D eigenvalue weighted by Crippen LogP contribution is -2.15. The number of halogens is 2. The fourth-order valence-corrected chi connectivity index (χ4v) is 2.90. The van der Waals surface area contributed by atoms with E-state index >= 15 is 0 Å². The molecule has 0 atom stereocenters. The van der Waals surface area contributed by atoms with Crippen LogP contribution in [0.2, 0.25) is 10.0 Å². The monoisotopic (exact) mass is 382 g/mol. The lowest BCUT2D eigenvalue weighted by molar-refractivity contribution is -0.00187. The van der Waals surface area contributed by atoms with E-state index in [9.17, 15) is 4.79 Å². The second-order valence-corrected chi connectivity index (χ2v) is 6.53. The second kappa shape index (κ2) is 7.47. The van der Waals surface area contributed by atoms with E-state index in [1.54, 1.807) is 24.3 Å². The summed E-state index contributed by atoms with van der Waals surface area (Å²) < 4.78 is 16.2. The Morgan fingerprint density at radius 1 is 1.24 bits per heavy atom. The second-order valence-electron chi connectivity index (χ2n) is 5.72. The van der Waals surface area contributed by atoms with Gasteiger partial charge in [0.05, 0.1) is 16.7 Å². The predicted octanol–water partition coefficient (Wildman–Crippen LogP) is 4.34. The van der Waals surface area contributed by atoms with Crippen molar-refractivity contribution in [3.05, 3.63) is 55.8 Å². The summed E-state index contributed by atoms with van der Waals surface area (Å²) in [6, 6.07) is 4.96. The minimum atomic E-state index is -0.251. The molecule has 0 spiro atoms. The predicted molar refractivity (Wildman–Crippen MR) is 95.4 cm³/mol. The smallest absolute Gasteiger partial charge is 0.267 e. The number of nitrogens with zero attached hydrogens (tertiary/aromatic N) is 1. The summed E-state index contributed by atoms with van der Waals surface area (Å²) in [4.78, 5) is 11.8. The molecule has 0 amide bonds. The summed E-state index contributed by atoms with van der Waals surface area (Å²) in [6.07, 6.45) is 1.80. The minimum Gasteiger partial charge on any atom is -0.467 e. The molecule has 1 aliphatic rings. The maximum Gasteiger partial charge on any atom is 0.267 e. The third kappa shape index (κ3) is 3.98. The molecule has 0 saturated heterocycles. The van der Waals surface area contributed by atoms with E-state index in [1.807, 2.05) is 13.8 Å². The standard InChI is InChI=1S/C17H16Cl2N2O4/c1-9(2)11-7-15(20-21-17(11)22)25-16-12(18)5-10(6-13(16)19)14-3-4-23-8-24-14/h3,5-7,9H,4,8H2,1-2H3,(H,21,22). The molecule has 6 nitrogen and oxygen atoms in total. The van der Waals surface area contributed by atoms with Crippen molar-refractivity contribution in [1.82, 2.24) is 10.2 Å². The Kier molecular flexibility index (Phi) is 5.32. The third-order valence-electron chi connectivity index (χ3n) is 3.60. The Morgan fingerprint density at radius 2 is 1.96 bits per heavy atom. The first-order chi connectivity index (χ1) is 12.0. The average molecular weight is 383 g/mol. The van der Waals surface area contributed by atoms with E-state index < -0.39 is 0 Å². The van der Waals surface area contributed by atoms with Gasteiger partial charge >= 0.3 is 0 Å².